The number of benzene rings is 2. The molecule has 0 saturated heterocycles. The second-order valence-electron chi connectivity index (χ2n) is 6.03. The second-order valence-corrected chi connectivity index (χ2v) is 6.47. The van der Waals surface area contributed by atoms with E-state index in [1.807, 2.05) is 6.92 Å². The van der Waals surface area contributed by atoms with Gasteiger partial charge < -0.3 is 14.2 Å². The zero-order chi connectivity index (χ0) is 19.0. The van der Waals surface area contributed by atoms with Crippen molar-refractivity contribution in [1.29, 1.82) is 0 Å². The molecule has 0 spiro atoms. The van der Waals surface area contributed by atoms with Crippen LogP contribution >= 0.6 is 11.6 Å². The van der Waals surface area contributed by atoms with Gasteiger partial charge in [0.25, 0.3) is 5.91 Å². The highest BCUT2D eigenvalue weighted by atomic mass is 35.5. The molecule has 0 aliphatic heterocycles. The van der Waals surface area contributed by atoms with Gasteiger partial charge in [-0.15, -0.1) is 0 Å². The standard InChI is InChI=1S/C21H14ClNO4/c1-12-16-11-15(23-21(25)18-3-2-10-26-18)8-9-17(16)27-20(12)19(24)13-4-6-14(22)7-5-13/h2-11H,1H3,(H,23,25). The molecule has 0 radical (unpaired) electrons. The number of carbonyl (C=O) groups excluding carboxylic acids is 2. The van der Waals surface area contributed by atoms with Crippen LogP contribution in [-0.4, -0.2) is 11.7 Å². The fourth-order valence-corrected chi connectivity index (χ4v) is 2.97. The molecular weight excluding hydrogens is 366 g/mol. The van der Waals surface area contributed by atoms with Gasteiger partial charge in [-0.1, -0.05) is 11.6 Å². The third kappa shape index (κ3) is 3.25. The Balaban J connectivity index is 1.66. The molecular formula is C21H14ClNO4. The Morgan fingerprint density at radius 1 is 1.04 bits per heavy atom. The van der Waals surface area contributed by atoms with E-state index in [2.05, 4.69) is 5.32 Å². The number of anilines is 1. The van der Waals surface area contributed by atoms with Crippen molar-refractivity contribution in [3.05, 3.63) is 88.5 Å². The first-order valence-electron chi connectivity index (χ1n) is 8.21. The van der Waals surface area contributed by atoms with E-state index in [0.29, 0.717) is 27.4 Å². The van der Waals surface area contributed by atoms with Crippen LogP contribution in [0, 0.1) is 6.92 Å². The van der Waals surface area contributed by atoms with Gasteiger partial charge in [-0.25, -0.2) is 0 Å². The van der Waals surface area contributed by atoms with Gasteiger partial charge in [-0.2, -0.15) is 0 Å². The third-order valence-electron chi connectivity index (χ3n) is 4.25. The zero-order valence-corrected chi connectivity index (χ0v) is 15.0. The van der Waals surface area contributed by atoms with Crippen LogP contribution in [0.1, 0.15) is 32.2 Å². The van der Waals surface area contributed by atoms with E-state index in [-0.39, 0.29) is 23.2 Å². The van der Waals surface area contributed by atoms with Crippen LogP contribution < -0.4 is 5.32 Å². The number of carbonyl (C=O) groups is 2. The summed E-state index contributed by atoms with van der Waals surface area (Å²) in [6.45, 7) is 1.81. The normalized spacial score (nSPS) is 10.9. The van der Waals surface area contributed by atoms with Crippen LogP contribution in [0.5, 0.6) is 0 Å². The lowest BCUT2D eigenvalue weighted by Crippen LogP contribution is -2.10. The third-order valence-corrected chi connectivity index (χ3v) is 4.50. The smallest absolute Gasteiger partial charge is 0.291 e. The van der Waals surface area contributed by atoms with E-state index in [9.17, 15) is 9.59 Å². The van der Waals surface area contributed by atoms with Crippen molar-refractivity contribution in [2.24, 2.45) is 0 Å². The minimum Gasteiger partial charge on any atom is -0.459 e. The lowest BCUT2D eigenvalue weighted by molar-refractivity contribution is 0.0993. The van der Waals surface area contributed by atoms with Crippen LogP contribution in [-0.2, 0) is 0 Å². The van der Waals surface area contributed by atoms with Crippen molar-refractivity contribution in [1.82, 2.24) is 0 Å². The van der Waals surface area contributed by atoms with Gasteiger partial charge in [-0.3, -0.25) is 9.59 Å². The van der Waals surface area contributed by atoms with Crippen LogP contribution in [0.3, 0.4) is 0 Å². The molecule has 0 fully saturated rings. The number of halogens is 1. The largest absolute Gasteiger partial charge is 0.459 e. The van der Waals surface area contributed by atoms with Crippen LogP contribution in [0.15, 0.2) is 69.7 Å². The maximum Gasteiger partial charge on any atom is 0.291 e. The first kappa shape index (κ1) is 17.1. The first-order valence-corrected chi connectivity index (χ1v) is 8.59. The highest BCUT2D eigenvalue weighted by molar-refractivity contribution is 6.30. The van der Waals surface area contributed by atoms with Gasteiger partial charge in [0.1, 0.15) is 5.58 Å². The van der Waals surface area contributed by atoms with Crippen molar-refractivity contribution in [2.75, 3.05) is 5.32 Å². The molecule has 2 aromatic carbocycles. The molecule has 1 N–H and O–H groups in total. The van der Waals surface area contributed by atoms with Gasteiger partial charge in [-0.05, 0) is 61.5 Å². The fraction of sp³-hybridized carbons (Fsp3) is 0.0476. The highest BCUT2D eigenvalue weighted by Gasteiger charge is 2.20. The SMILES string of the molecule is Cc1c(C(=O)c2ccc(Cl)cc2)oc2ccc(NC(=O)c3ccco3)cc12. The Morgan fingerprint density at radius 2 is 1.81 bits per heavy atom. The first-order chi connectivity index (χ1) is 13.0. The molecule has 0 aliphatic rings. The topological polar surface area (TPSA) is 72.5 Å². The summed E-state index contributed by atoms with van der Waals surface area (Å²) in [6, 6.07) is 15.1. The van der Waals surface area contributed by atoms with Crippen LogP contribution in [0.2, 0.25) is 5.02 Å². The Morgan fingerprint density at radius 3 is 2.52 bits per heavy atom. The molecule has 4 rings (SSSR count). The van der Waals surface area contributed by atoms with Crippen molar-refractivity contribution in [3.8, 4) is 0 Å². The van der Waals surface area contributed by atoms with Gasteiger partial charge in [0, 0.05) is 27.2 Å². The minimum absolute atomic E-state index is 0.220. The lowest BCUT2D eigenvalue weighted by Gasteiger charge is -2.03. The molecule has 27 heavy (non-hydrogen) atoms. The van der Waals surface area contributed by atoms with Crippen molar-refractivity contribution >= 4 is 39.9 Å². The van der Waals surface area contributed by atoms with Crippen molar-refractivity contribution < 1.29 is 18.4 Å². The van der Waals surface area contributed by atoms with E-state index in [1.165, 1.54) is 6.26 Å². The molecule has 0 saturated carbocycles. The second kappa shape index (κ2) is 6.78. The van der Waals surface area contributed by atoms with Gasteiger partial charge >= 0.3 is 0 Å². The number of rotatable bonds is 4. The van der Waals surface area contributed by atoms with Gasteiger partial charge in [0.05, 0.1) is 6.26 Å². The van der Waals surface area contributed by atoms with Gasteiger partial charge in [0.15, 0.2) is 11.5 Å². The number of nitrogens with one attached hydrogen (secondary N) is 1. The molecule has 2 heterocycles. The fourth-order valence-electron chi connectivity index (χ4n) is 2.85. The molecule has 2 aromatic heterocycles. The Bertz CT molecular complexity index is 1140. The lowest BCUT2D eigenvalue weighted by atomic mass is 10.0. The summed E-state index contributed by atoms with van der Waals surface area (Å²) in [4.78, 5) is 24.9. The van der Waals surface area contributed by atoms with E-state index in [1.54, 1.807) is 54.6 Å². The average molecular weight is 380 g/mol. The molecule has 0 aliphatic carbocycles. The summed E-state index contributed by atoms with van der Waals surface area (Å²) < 4.78 is 10.9. The number of ketones is 1. The summed E-state index contributed by atoms with van der Waals surface area (Å²) in [5, 5.41) is 4.08. The maximum absolute atomic E-state index is 12.7. The molecule has 0 atom stereocenters. The zero-order valence-electron chi connectivity index (χ0n) is 14.3. The predicted molar refractivity (Wildman–Crippen MR) is 102 cm³/mol. The highest BCUT2D eigenvalue weighted by Crippen LogP contribution is 2.30. The number of fused-ring (bicyclic) bond motifs is 1. The predicted octanol–water partition coefficient (Wildman–Crippen LogP) is 5.47. The van der Waals surface area contributed by atoms with Crippen molar-refractivity contribution in [3.63, 3.8) is 0 Å². The monoisotopic (exact) mass is 379 g/mol. The van der Waals surface area contributed by atoms with Crippen molar-refractivity contribution in [2.45, 2.75) is 6.92 Å². The molecule has 4 aromatic rings. The number of furan rings is 2. The molecule has 134 valence electrons. The van der Waals surface area contributed by atoms with E-state index in [0.717, 1.165) is 5.39 Å². The quantitative estimate of drug-likeness (QED) is 0.477. The molecule has 0 unspecified atom stereocenters. The summed E-state index contributed by atoms with van der Waals surface area (Å²) in [6.07, 6.45) is 1.44. The molecule has 5 nitrogen and oxygen atoms in total. The van der Waals surface area contributed by atoms with Gasteiger partial charge in [0.2, 0.25) is 5.78 Å². The van der Waals surface area contributed by atoms with Crippen LogP contribution in [0.25, 0.3) is 11.0 Å². The van der Waals surface area contributed by atoms with E-state index < -0.39 is 0 Å². The number of hydrogen-bond acceptors (Lipinski definition) is 4. The minimum atomic E-state index is -0.349. The Labute approximate surface area is 159 Å². The van der Waals surface area contributed by atoms with Crippen LogP contribution in [0.4, 0.5) is 5.69 Å². The summed E-state index contributed by atoms with van der Waals surface area (Å²) in [7, 11) is 0. The molecule has 0 bridgehead atoms. The Hall–Kier alpha value is -3.31. The maximum atomic E-state index is 12.7. The number of aryl methyl sites for hydroxylation is 1. The summed E-state index contributed by atoms with van der Waals surface area (Å²) >= 11 is 5.88. The number of hydrogen-bond donors (Lipinski definition) is 1. The number of amides is 1. The Kier molecular flexibility index (Phi) is 4.30. The summed E-state index contributed by atoms with van der Waals surface area (Å²) in [5.41, 5.74) is 2.35. The molecule has 6 heteroatoms. The van der Waals surface area contributed by atoms with E-state index >= 15 is 0 Å². The van der Waals surface area contributed by atoms with E-state index in [4.69, 9.17) is 20.4 Å². The summed E-state index contributed by atoms with van der Waals surface area (Å²) in [5.74, 6) is -0.0843. The average Bonchev–Trinajstić information content (AvgIpc) is 3.31. The molecule has 1 amide bonds.